The summed E-state index contributed by atoms with van der Waals surface area (Å²) in [6.07, 6.45) is 1.00. The molecule has 0 unspecified atom stereocenters. The molecule has 3 aliphatic heterocycles. The molecule has 0 saturated carbocycles. The number of ether oxygens (including phenoxy) is 4. The van der Waals surface area contributed by atoms with E-state index in [-0.39, 0.29) is 12.1 Å². The maximum atomic E-state index is 13.0. The fraction of sp³-hybridized carbons (Fsp3) is 0.500. The van der Waals surface area contributed by atoms with Crippen molar-refractivity contribution in [1.82, 2.24) is 14.7 Å². The smallest absolute Gasteiger partial charge is 0.321 e. The Balaban J connectivity index is 1.21. The van der Waals surface area contributed by atoms with Gasteiger partial charge in [0.15, 0.2) is 11.5 Å². The molecule has 3 heterocycles. The van der Waals surface area contributed by atoms with Crippen molar-refractivity contribution in [1.29, 1.82) is 5.26 Å². The Bertz CT molecular complexity index is 1320. The number of nitriles is 1. The molecule has 43 heavy (non-hydrogen) atoms. The van der Waals surface area contributed by atoms with E-state index in [1.165, 1.54) is 0 Å². The second-order valence-corrected chi connectivity index (χ2v) is 11.1. The number of rotatable bonds is 10. The second-order valence-electron chi connectivity index (χ2n) is 11.1. The van der Waals surface area contributed by atoms with Crippen molar-refractivity contribution in [3.05, 3.63) is 47.5 Å². The van der Waals surface area contributed by atoms with Gasteiger partial charge in [0.2, 0.25) is 0 Å². The van der Waals surface area contributed by atoms with Gasteiger partial charge in [-0.25, -0.2) is 4.79 Å². The molecule has 2 saturated heterocycles. The molecule has 2 aromatic rings. The molecule has 3 aliphatic rings. The molecule has 11 heteroatoms. The van der Waals surface area contributed by atoms with Crippen molar-refractivity contribution in [2.45, 2.75) is 26.4 Å². The van der Waals surface area contributed by atoms with Crippen LogP contribution in [0.15, 0.2) is 42.0 Å². The molecule has 0 spiro atoms. The average Bonchev–Trinajstić information content (AvgIpc) is 3.03. The van der Waals surface area contributed by atoms with E-state index in [1.54, 1.807) is 12.0 Å². The van der Waals surface area contributed by atoms with E-state index in [0.29, 0.717) is 56.4 Å². The molecule has 0 bridgehead atoms. The summed E-state index contributed by atoms with van der Waals surface area (Å²) in [5.74, 6) is 2.08. The number of morpholine rings is 1. The summed E-state index contributed by atoms with van der Waals surface area (Å²) < 4.78 is 23.0. The molecule has 5 rings (SSSR count). The van der Waals surface area contributed by atoms with Crippen LogP contribution < -0.4 is 24.8 Å². The van der Waals surface area contributed by atoms with Crippen molar-refractivity contribution in [3.63, 3.8) is 0 Å². The van der Waals surface area contributed by atoms with Gasteiger partial charge in [-0.2, -0.15) is 5.26 Å². The number of nitrogens with zero attached hydrogens (tertiary/aromatic N) is 4. The molecule has 2 aromatic carbocycles. The van der Waals surface area contributed by atoms with Crippen LogP contribution in [0.5, 0.6) is 17.2 Å². The summed E-state index contributed by atoms with van der Waals surface area (Å²) in [6.45, 7) is 11.7. The molecule has 230 valence electrons. The topological polar surface area (TPSA) is 112 Å². The molecule has 2 N–H and O–H groups in total. The zero-order valence-electron chi connectivity index (χ0n) is 25.4. The number of carbonyl (C=O) groups excluding carboxylic acids is 1. The fourth-order valence-corrected chi connectivity index (χ4v) is 5.58. The summed E-state index contributed by atoms with van der Waals surface area (Å²) in [6, 6.07) is 13.6. The number of methoxy groups -OCH3 is 1. The third-order valence-corrected chi connectivity index (χ3v) is 7.78. The van der Waals surface area contributed by atoms with Crippen LogP contribution in [-0.2, 0) is 4.74 Å². The van der Waals surface area contributed by atoms with Crippen LogP contribution in [-0.4, -0.2) is 106 Å². The highest BCUT2D eigenvalue weighted by Crippen LogP contribution is 2.41. The first-order chi connectivity index (χ1) is 20.9. The summed E-state index contributed by atoms with van der Waals surface area (Å²) in [5, 5.41) is 16.4. The van der Waals surface area contributed by atoms with Gasteiger partial charge in [0.05, 0.1) is 56.9 Å². The number of hydrogen-bond donors (Lipinski definition) is 2. The molecule has 2 amide bonds. The largest absolute Gasteiger partial charge is 0.493 e. The number of fused-ring (bicyclic) bond motifs is 1. The van der Waals surface area contributed by atoms with Gasteiger partial charge in [-0.3, -0.25) is 4.90 Å². The number of piperazine rings is 1. The highest BCUT2D eigenvalue weighted by atomic mass is 16.5. The molecule has 0 radical (unpaired) electrons. The summed E-state index contributed by atoms with van der Waals surface area (Å²) >= 11 is 0. The first-order valence-corrected chi connectivity index (χ1v) is 15.0. The number of nitrogens with one attached hydrogen (secondary N) is 2. The summed E-state index contributed by atoms with van der Waals surface area (Å²) in [4.78, 5) is 19.4. The summed E-state index contributed by atoms with van der Waals surface area (Å²) in [7, 11) is 1.63. The van der Waals surface area contributed by atoms with Crippen LogP contribution >= 0.6 is 0 Å². The number of benzene rings is 2. The van der Waals surface area contributed by atoms with Crippen molar-refractivity contribution in [2.75, 3.05) is 89.9 Å². The van der Waals surface area contributed by atoms with Crippen LogP contribution in [0.4, 0.5) is 16.2 Å². The van der Waals surface area contributed by atoms with Gasteiger partial charge in [0, 0.05) is 68.8 Å². The maximum Gasteiger partial charge on any atom is 0.321 e. The first-order valence-electron chi connectivity index (χ1n) is 15.0. The lowest BCUT2D eigenvalue weighted by Gasteiger charge is -2.39. The third kappa shape index (κ3) is 7.63. The van der Waals surface area contributed by atoms with E-state index in [4.69, 9.17) is 18.9 Å². The highest BCUT2D eigenvalue weighted by molar-refractivity contribution is 5.90. The van der Waals surface area contributed by atoms with E-state index >= 15 is 0 Å². The maximum absolute atomic E-state index is 13.0. The predicted molar refractivity (Wildman–Crippen MR) is 166 cm³/mol. The Morgan fingerprint density at radius 2 is 1.81 bits per heavy atom. The Morgan fingerprint density at radius 1 is 1.07 bits per heavy atom. The normalized spacial score (nSPS) is 17.2. The van der Waals surface area contributed by atoms with Gasteiger partial charge >= 0.3 is 6.03 Å². The van der Waals surface area contributed by atoms with Crippen LogP contribution in [0.3, 0.4) is 0 Å². The van der Waals surface area contributed by atoms with Gasteiger partial charge in [-0.05, 0) is 50.6 Å². The monoisotopic (exact) mass is 590 g/mol. The Labute approximate surface area is 253 Å². The standard InChI is InChI=1S/C32H42N6O5/c1-23(2)43-26-7-5-25(6-8-26)35-32(39)38-12-10-37(11-13-38)31-24(21-33)22-34-28-20-30(29(40-3)19-27(28)31)42-16-4-9-36-14-17-41-18-15-36/h5-8,19-20,23,34H,4,9-18,22H2,1-3H3,(H,35,39). The fourth-order valence-electron chi connectivity index (χ4n) is 5.58. The van der Waals surface area contributed by atoms with Crippen molar-refractivity contribution in [3.8, 4) is 23.3 Å². The minimum Gasteiger partial charge on any atom is -0.493 e. The van der Waals surface area contributed by atoms with Crippen LogP contribution in [0.2, 0.25) is 0 Å². The van der Waals surface area contributed by atoms with E-state index in [0.717, 1.165) is 67.7 Å². The molecule has 2 fully saturated rings. The van der Waals surface area contributed by atoms with Gasteiger partial charge < -0.3 is 39.4 Å². The zero-order chi connectivity index (χ0) is 30.2. The minimum absolute atomic E-state index is 0.0903. The number of carbonyl (C=O) groups is 1. The van der Waals surface area contributed by atoms with Crippen LogP contribution in [0, 0.1) is 11.3 Å². The van der Waals surface area contributed by atoms with Gasteiger partial charge in [-0.1, -0.05) is 0 Å². The minimum atomic E-state index is -0.144. The van der Waals surface area contributed by atoms with Crippen molar-refractivity contribution >= 4 is 23.1 Å². The molecular weight excluding hydrogens is 548 g/mol. The number of hydrogen-bond acceptors (Lipinski definition) is 9. The second kappa shape index (κ2) is 14.4. The van der Waals surface area contributed by atoms with Gasteiger partial charge in [0.25, 0.3) is 0 Å². The first kappa shape index (κ1) is 30.3. The summed E-state index contributed by atoms with van der Waals surface area (Å²) in [5.41, 5.74) is 4.08. The van der Waals surface area contributed by atoms with Crippen molar-refractivity contribution < 1.29 is 23.7 Å². The van der Waals surface area contributed by atoms with E-state index in [1.807, 2.05) is 50.2 Å². The van der Waals surface area contributed by atoms with Crippen LogP contribution in [0.25, 0.3) is 5.70 Å². The van der Waals surface area contributed by atoms with Gasteiger partial charge in [0.1, 0.15) is 5.75 Å². The quantitative estimate of drug-likeness (QED) is 0.395. The van der Waals surface area contributed by atoms with Crippen molar-refractivity contribution in [2.24, 2.45) is 0 Å². The van der Waals surface area contributed by atoms with E-state index < -0.39 is 0 Å². The molecule has 11 nitrogen and oxygen atoms in total. The van der Waals surface area contributed by atoms with Gasteiger partial charge in [-0.15, -0.1) is 0 Å². The Kier molecular flexibility index (Phi) is 10.1. The molecule has 0 aliphatic carbocycles. The van der Waals surface area contributed by atoms with E-state index in [2.05, 4.69) is 26.5 Å². The molecular formula is C32H42N6O5. The van der Waals surface area contributed by atoms with Crippen LogP contribution in [0.1, 0.15) is 25.8 Å². The Hall–Kier alpha value is -4.14. The third-order valence-electron chi connectivity index (χ3n) is 7.78. The average molecular weight is 591 g/mol. The lowest BCUT2D eigenvalue weighted by Crippen LogP contribution is -2.49. The lowest BCUT2D eigenvalue weighted by atomic mass is 9.98. The lowest BCUT2D eigenvalue weighted by molar-refractivity contribution is 0.0357. The Morgan fingerprint density at radius 3 is 2.49 bits per heavy atom. The number of anilines is 2. The van der Waals surface area contributed by atoms with E-state index in [9.17, 15) is 10.1 Å². The molecule has 0 atom stereocenters. The zero-order valence-corrected chi connectivity index (χ0v) is 25.4. The SMILES string of the molecule is COc1cc2c(cc1OCCCN1CCOCC1)NCC(C#N)=C2N1CCN(C(=O)Nc2ccc(OC(C)C)cc2)CC1. The highest BCUT2D eigenvalue weighted by Gasteiger charge is 2.29. The number of urea groups is 1. The predicted octanol–water partition coefficient (Wildman–Crippen LogP) is 4.09. The number of amides is 2. The molecule has 0 aromatic heterocycles.